The summed E-state index contributed by atoms with van der Waals surface area (Å²) in [7, 11) is 2.06. The second kappa shape index (κ2) is 25.2. The van der Waals surface area contributed by atoms with Crippen molar-refractivity contribution < 1.29 is 9.53 Å². The summed E-state index contributed by atoms with van der Waals surface area (Å²) in [5.41, 5.74) is 0. The molecule has 0 unspecified atom stereocenters. The Kier molecular flexibility index (Phi) is 24.1. The first-order chi connectivity index (χ1) is 16.1. The highest BCUT2D eigenvalue weighted by atomic mass is 16.5. The number of hydrogen-bond acceptors (Lipinski definition) is 4. The maximum atomic E-state index is 11.4. The lowest BCUT2D eigenvalue weighted by atomic mass is 10.0. The average Bonchev–Trinajstić information content (AvgIpc) is 3.22. The summed E-state index contributed by atoms with van der Waals surface area (Å²) in [6.07, 6.45) is 29.1. The van der Waals surface area contributed by atoms with E-state index >= 15 is 0 Å². The van der Waals surface area contributed by atoms with Crippen LogP contribution in [-0.4, -0.2) is 42.6 Å². The summed E-state index contributed by atoms with van der Waals surface area (Å²) in [6.45, 7) is 10.6. The van der Waals surface area contributed by atoms with Crippen molar-refractivity contribution in [2.45, 2.75) is 129 Å². The monoisotopic (exact) mass is 464 g/mol. The van der Waals surface area contributed by atoms with Gasteiger partial charge < -0.3 is 14.5 Å². The van der Waals surface area contributed by atoms with Crippen LogP contribution in [0.15, 0.2) is 25.1 Å². The minimum atomic E-state index is -0.00172. The third-order valence-electron chi connectivity index (χ3n) is 6.05. The van der Waals surface area contributed by atoms with Gasteiger partial charge >= 0.3 is 5.97 Å². The number of esters is 1. The van der Waals surface area contributed by atoms with Crippen LogP contribution in [-0.2, 0) is 9.53 Å². The van der Waals surface area contributed by atoms with Gasteiger partial charge in [-0.25, -0.2) is 0 Å². The number of ether oxygens (including phenoxy) is 1. The molecule has 1 heterocycles. The Morgan fingerprint density at radius 3 is 1.70 bits per heavy atom. The summed E-state index contributed by atoms with van der Waals surface area (Å²) in [6, 6.07) is 0. The third kappa shape index (κ3) is 23.5. The molecule has 0 aromatic carbocycles. The summed E-state index contributed by atoms with van der Waals surface area (Å²) >= 11 is 0. The first kappa shape index (κ1) is 31.6. The van der Waals surface area contributed by atoms with E-state index in [1.807, 2.05) is 6.08 Å². The molecule has 1 aliphatic heterocycles. The Morgan fingerprint density at radius 2 is 1.27 bits per heavy atom. The smallest absolute Gasteiger partial charge is 0.305 e. The van der Waals surface area contributed by atoms with Crippen LogP contribution in [0.25, 0.3) is 0 Å². The number of carbonyl (C=O) groups excluding carboxylic acids is 1. The van der Waals surface area contributed by atoms with Crippen LogP contribution in [0.2, 0.25) is 0 Å². The highest BCUT2D eigenvalue weighted by molar-refractivity contribution is 5.69. The Balaban J connectivity index is 0.000000938. The molecule has 0 spiro atoms. The molecule has 0 N–H and O–H groups in total. The second-order valence-electron chi connectivity index (χ2n) is 9.53. The zero-order chi connectivity index (χ0) is 24.4. The van der Waals surface area contributed by atoms with Crippen LogP contribution in [0, 0.1) is 0 Å². The summed E-state index contributed by atoms with van der Waals surface area (Å²) in [4.78, 5) is 15.7. The molecule has 1 rings (SSSR count). The van der Waals surface area contributed by atoms with Crippen molar-refractivity contribution in [3.05, 3.63) is 25.1 Å². The van der Waals surface area contributed by atoms with Crippen molar-refractivity contribution in [1.82, 2.24) is 9.80 Å². The molecule has 0 aliphatic carbocycles. The van der Waals surface area contributed by atoms with Crippen molar-refractivity contribution in [1.29, 1.82) is 0 Å². The Labute approximate surface area is 206 Å². The molecule has 0 saturated carbocycles. The van der Waals surface area contributed by atoms with Crippen molar-refractivity contribution in [3.8, 4) is 0 Å². The first-order valence-electron chi connectivity index (χ1n) is 14.0. The van der Waals surface area contributed by atoms with Gasteiger partial charge in [-0.15, -0.1) is 6.58 Å². The molecule has 0 radical (unpaired) electrons. The summed E-state index contributed by atoms with van der Waals surface area (Å²) in [5.74, 6) is -0.00172. The molecule has 0 fully saturated rings. The van der Waals surface area contributed by atoms with Crippen LogP contribution < -0.4 is 0 Å². The Bertz CT molecular complexity index is 465. The Hall–Kier alpha value is -1.45. The lowest BCUT2D eigenvalue weighted by molar-refractivity contribution is -0.143. The van der Waals surface area contributed by atoms with Gasteiger partial charge in [0.25, 0.3) is 0 Å². The number of rotatable bonds is 21. The molecule has 0 amide bonds. The minimum absolute atomic E-state index is 0.00172. The summed E-state index contributed by atoms with van der Waals surface area (Å²) in [5, 5.41) is 0. The predicted molar refractivity (Wildman–Crippen MR) is 144 cm³/mol. The number of unbranched alkanes of at least 4 members (excludes halogenated alkanes) is 15. The normalized spacial score (nSPS) is 12.6. The molecule has 0 bridgehead atoms. The van der Waals surface area contributed by atoms with Gasteiger partial charge in [0.05, 0.1) is 13.3 Å². The fourth-order valence-corrected chi connectivity index (χ4v) is 3.92. The van der Waals surface area contributed by atoms with E-state index in [-0.39, 0.29) is 5.97 Å². The van der Waals surface area contributed by atoms with Crippen molar-refractivity contribution in [2.75, 3.05) is 26.9 Å². The molecule has 4 nitrogen and oxygen atoms in total. The van der Waals surface area contributed by atoms with Crippen molar-refractivity contribution in [2.24, 2.45) is 0 Å². The lowest BCUT2D eigenvalue weighted by Gasteiger charge is -2.15. The van der Waals surface area contributed by atoms with E-state index in [0.717, 1.165) is 32.5 Å². The summed E-state index contributed by atoms with van der Waals surface area (Å²) < 4.78 is 5.16. The molecular weight excluding hydrogens is 408 g/mol. The van der Waals surface area contributed by atoms with Crippen LogP contribution in [0.4, 0.5) is 0 Å². The SMILES string of the molecule is C=CCN1C=CN(C)C1.CCCCCCCCCCCCCCCCCC(=O)OCCCC. The number of nitrogens with zero attached hydrogens (tertiary/aromatic N) is 2. The minimum Gasteiger partial charge on any atom is -0.466 e. The molecule has 1 aliphatic rings. The molecule has 0 aromatic rings. The predicted octanol–water partition coefficient (Wildman–Crippen LogP) is 8.44. The zero-order valence-electron chi connectivity index (χ0n) is 22.5. The van der Waals surface area contributed by atoms with Gasteiger partial charge in [0.2, 0.25) is 0 Å². The zero-order valence-corrected chi connectivity index (χ0v) is 22.5. The molecule has 0 aromatic heterocycles. The van der Waals surface area contributed by atoms with Gasteiger partial charge in [0.15, 0.2) is 0 Å². The van der Waals surface area contributed by atoms with Crippen LogP contribution in [0.3, 0.4) is 0 Å². The van der Waals surface area contributed by atoms with E-state index in [2.05, 4.69) is 49.7 Å². The fraction of sp³-hybridized carbons (Fsp3) is 0.828. The van der Waals surface area contributed by atoms with E-state index in [1.54, 1.807) is 0 Å². The lowest BCUT2D eigenvalue weighted by Crippen LogP contribution is -2.21. The molecule has 194 valence electrons. The van der Waals surface area contributed by atoms with Crippen LogP contribution >= 0.6 is 0 Å². The average molecular weight is 465 g/mol. The van der Waals surface area contributed by atoms with E-state index in [1.165, 1.54) is 89.9 Å². The van der Waals surface area contributed by atoms with E-state index in [9.17, 15) is 4.79 Å². The van der Waals surface area contributed by atoms with Gasteiger partial charge in [-0.2, -0.15) is 0 Å². The third-order valence-corrected chi connectivity index (χ3v) is 6.05. The largest absolute Gasteiger partial charge is 0.466 e. The topological polar surface area (TPSA) is 32.8 Å². The van der Waals surface area contributed by atoms with Crippen molar-refractivity contribution >= 4 is 5.97 Å². The van der Waals surface area contributed by atoms with Gasteiger partial charge in [-0.3, -0.25) is 4.79 Å². The van der Waals surface area contributed by atoms with Crippen molar-refractivity contribution in [3.63, 3.8) is 0 Å². The molecule has 0 saturated heterocycles. The number of carbonyl (C=O) groups is 1. The molecule has 0 atom stereocenters. The quantitative estimate of drug-likeness (QED) is 0.0969. The highest BCUT2D eigenvalue weighted by Crippen LogP contribution is 2.13. The molecular formula is C29H56N2O2. The fourth-order valence-electron chi connectivity index (χ4n) is 3.92. The van der Waals surface area contributed by atoms with Gasteiger partial charge in [-0.05, 0) is 12.8 Å². The number of hydrogen-bond donors (Lipinski definition) is 0. The highest BCUT2D eigenvalue weighted by Gasteiger charge is 2.04. The molecule has 33 heavy (non-hydrogen) atoms. The molecule has 4 heteroatoms. The maximum absolute atomic E-state index is 11.4. The maximum Gasteiger partial charge on any atom is 0.305 e. The van der Waals surface area contributed by atoms with E-state index < -0.39 is 0 Å². The van der Waals surface area contributed by atoms with Gasteiger partial charge in [0, 0.05) is 32.4 Å². The van der Waals surface area contributed by atoms with Gasteiger partial charge in [0.1, 0.15) is 0 Å². The van der Waals surface area contributed by atoms with E-state index in [4.69, 9.17) is 4.74 Å². The first-order valence-corrected chi connectivity index (χ1v) is 14.0. The Morgan fingerprint density at radius 1 is 0.788 bits per heavy atom. The second-order valence-corrected chi connectivity index (χ2v) is 9.53. The van der Waals surface area contributed by atoms with Gasteiger partial charge in [-0.1, -0.05) is 116 Å². The van der Waals surface area contributed by atoms with Crippen LogP contribution in [0.1, 0.15) is 129 Å². The van der Waals surface area contributed by atoms with E-state index in [0.29, 0.717) is 13.0 Å². The standard InChI is InChI=1S/C22H44O2.C7H12N2/c1-3-5-7-8-9-10-11-12-13-14-15-16-17-18-19-20-22(23)24-21-6-4-2;1-3-4-9-6-5-8(2)7-9/h3-21H2,1-2H3;3,5-6H,1,4,7H2,2H3. The van der Waals surface area contributed by atoms with Crippen LogP contribution in [0.5, 0.6) is 0 Å².